The summed E-state index contributed by atoms with van der Waals surface area (Å²) in [5.41, 5.74) is -0.210. The lowest BCUT2D eigenvalue weighted by Gasteiger charge is -2.37. The van der Waals surface area contributed by atoms with E-state index < -0.39 is 5.60 Å². The fourth-order valence-electron chi connectivity index (χ4n) is 2.94. The summed E-state index contributed by atoms with van der Waals surface area (Å²) in [5, 5.41) is 11.0. The van der Waals surface area contributed by atoms with E-state index in [1.165, 1.54) is 0 Å². The molecule has 2 unspecified atom stereocenters. The summed E-state index contributed by atoms with van der Waals surface area (Å²) in [4.78, 5) is 0. The number of methoxy groups -OCH3 is 3. The fraction of sp³-hybridized carbons (Fsp3) is 0.600. The van der Waals surface area contributed by atoms with Gasteiger partial charge in [0.15, 0.2) is 0 Å². The van der Waals surface area contributed by atoms with Crippen LogP contribution in [0.2, 0.25) is 0 Å². The Morgan fingerprint density at radius 2 is 1.79 bits per heavy atom. The van der Waals surface area contributed by atoms with Crippen LogP contribution in [0, 0.1) is 0 Å². The van der Waals surface area contributed by atoms with Crippen LogP contribution < -0.4 is 9.47 Å². The maximum atomic E-state index is 11.0. The van der Waals surface area contributed by atoms with Gasteiger partial charge in [0, 0.05) is 13.5 Å². The Balaban J connectivity index is 2.43. The van der Waals surface area contributed by atoms with Gasteiger partial charge in [-0.3, -0.25) is 0 Å². The number of ether oxygens (including phenoxy) is 3. The molecule has 1 N–H and O–H groups in total. The van der Waals surface area contributed by atoms with Crippen LogP contribution in [-0.4, -0.2) is 32.5 Å². The molecule has 4 nitrogen and oxygen atoms in total. The highest BCUT2D eigenvalue weighted by molar-refractivity contribution is 5.49. The van der Waals surface area contributed by atoms with Gasteiger partial charge < -0.3 is 19.3 Å². The molecule has 0 heterocycles. The highest BCUT2D eigenvalue weighted by Crippen LogP contribution is 2.46. The Kier molecular flexibility index (Phi) is 4.32. The van der Waals surface area contributed by atoms with Gasteiger partial charge in [-0.1, -0.05) is 6.07 Å². The van der Waals surface area contributed by atoms with Crippen molar-refractivity contribution in [3.05, 3.63) is 23.8 Å². The summed E-state index contributed by atoms with van der Waals surface area (Å²) in [6.45, 7) is 0. The average molecular weight is 266 g/mol. The van der Waals surface area contributed by atoms with Gasteiger partial charge >= 0.3 is 0 Å². The second-order valence-corrected chi connectivity index (χ2v) is 5.02. The predicted octanol–water partition coefficient (Wildman–Crippen LogP) is 2.48. The van der Waals surface area contributed by atoms with E-state index in [2.05, 4.69) is 0 Å². The monoisotopic (exact) mass is 266 g/mol. The third-order valence-electron chi connectivity index (χ3n) is 3.91. The molecule has 0 aliphatic heterocycles. The van der Waals surface area contributed by atoms with Crippen LogP contribution >= 0.6 is 0 Å². The SMILES string of the molecule is COc1cccc(OC)c1C1(O)CCCC(OC)C1. The van der Waals surface area contributed by atoms with Gasteiger partial charge in [0.25, 0.3) is 0 Å². The number of aliphatic hydroxyl groups is 1. The van der Waals surface area contributed by atoms with Crippen LogP contribution in [0.5, 0.6) is 11.5 Å². The Bertz CT molecular complexity index is 410. The molecule has 1 saturated carbocycles. The van der Waals surface area contributed by atoms with Gasteiger partial charge in [-0.05, 0) is 31.4 Å². The summed E-state index contributed by atoms with van der Waals surface area (Å²) in [6.07, 6.45) is 3.25. The largest absolute Gasteiger partial charge is 0.496 e. The average Bonchev–Trinajstić information content (AvgIpc) is 2.46. The molecule has 2 atom stereocenters. The van der Waals surface area contributed by atoms with Crippen molar-refractivity contribution in [1.29, 1.82) is 0 Å². The second-order valence-electron chi connectivity index (χ2n) is 5.02. The quantitative estimate of drug-likeness (QED) is 0.909. The third kappa shape index (κ3) is 2.69. The van der Waals surface area contributed by atoms with Crippen molar-refractivity contribution in [2.24, 2.45) is 0 Å². The first kappa shape index (κ1) is 14.2. The molecule has 0 radical (unpaired) electrons. The van der Waals surface area contributed by atoms with E-state index in [9.17, 15) is 5.11 Å². The molecule has 0 aromatic heterocycles. The highest BCUT2D eigenvalue weighted by atomic mass is 16.5. The predicted molar refractivity (Wildman–Crippen MR) is 72.7 cm³/mol. The zero-order valence-electron chi connectivity index (χ0n) is 11.8. The molecule has 1 fully saturated rings. The molecule has 19 heavy (non-hydrogen) atoms. The minimum absolute atomic E-state index is 0.0772. The number of rotatable bonds is 4. The van der Waals surface area contributed by atoms with Crippen LogP contribution in [0.3, 0.4) is 0 Å². The fourth-order valence-corrected chi connectivity index (χ4v) is 2.94. The van der Waals surface area contributed by atoms with E-state index >= 15 is 0 Å². The van der Waals surface area contributed by atoms with Gasteiger partial charge in [0.05, 0.1) is 31.5 Å². The normalized spacial score (nSPS) is 27.1. The van der Waals surface area contributed by atoms with Crippen molar-refractivity contribution >= 4 is 0 Å². The molecule has 1 aromatic carbocycles. The van der Waals surface area contributed by atoms with Gasteiger partial charge in [-0.2, -0.15) is 0 Å². The summed E-state index contributed by atoms with van der Waals surface area (Å²) < 4.78 is 16.2. The molecular formula is C15H22O4. The minimum atomic E-state index is -0.948. The summed E-state index contributed by atoms with van der Waals surface area (Å²) in [5.74, 6) is 1.33. The van der Waals surface area contributed by atoms with Crippen molar-refractivity contribution in [2.75, 3.05) is 21.3 Å². The second kappa shape index (κ2) is 5.80. The van der Waals surface area contributed by atoms with Crippen molar-refractivity contribution in [3.63, 3.8) is 0 Å². The molecular weight excluding hydrogens is 244 g/mol. The standard InChI is InChI=1S/C15H22O4/c1-17-11-6-5-9-15(16,10-11)14-12(18-2)7-4-8-13(14)19-3/h4,7-8,11,16H,5-6,9-10H2,1-3H3. The molecule has 1 aromatic rings. The Hall–Kier alpha value is -1.26. The lowest BCUT2D eigenvalue weighted by molar-refractivity contribution is -0.0652. The molecule has 0 amide bonds. The molecule has 0 bridgehead atoms. The van der Waals surface area contributed by atoms with Crippen molar-refractivity contribution in [2.45, 2.75) is 37.4 Å². The smallest absolute Gasteiger partial charge is 0.128 e. The highest BCUT2D eigenvalue weighted by Gasteiger charge is 2.40. The number of hydrogen-bond acceptors (Lipinski definition) is 4. The van der Waals surface area contributed by atoms with Crippen molar-refractivity contribution < 1.29 is 19.3 Å². The van der Waals surface area contributed by atoms with Gasteiger partial charge in [-0.25, -0.2) is 0 Å². The molecule has 1 aliphatic carbocycles. The molecule has 4 heteroatoms. The van der Waals surface area contributed by atoms with E-state index in [4.69, 9.17) is 14.2 Å². The molecule has 1 aliphatic rings. The summed E-state index contributed by atoms with van der Waals surface area (Å²) in [6, 6.07) is 5.57. The van der Waals surface area contributed by atoms with E-state index in [1.54, 1.807) is 21.3 Å². The number of benzene rings is 1. The van der Waals surface area contributed by atoms with E-state index in [0.29, 0.717) is 24.3 Å². The van der Waals surface area contributed by atoms with Crippen LogP contribution in [0.4, 0.5) is 0 Å². The van der Waals surface area contributed by atoms with Crippen LogP contribution in [0.15, 0.2) is 18.2 Å². The van der Waals surface area contributed by atoms with Gasteiger partial charge in [-0.15, -0.1) is 0 Å². The lowest BCUT2D eigenvalue weighted by atomic mass is 9.77. The summed E-state index contributed by atoms with van der Waals surface area (Å²) >= 11 is 0. The van der Waals surface area contributed by atoms with E-state index in [-0.39, 0.29) is 6.10 Å². The first-order chi connectivity index (χ1) is 9.14. The van der Waals surface area contributed by atoms with Crippen LogP contribution in [0.1, 0.15) is 31.2 Å². The minimum Gasteiger partial charge on any atom is -0.496 e. The maximum Gasteiger partial charge on any atom is 0.128 e. The first-order valence-electron chi connectivity index (χ1n) is 6.61. The molecule has 0 spiro atoms. The topological polar surface area (TPSA) is 47.9 Å². The van der Waals surface area contributed by atoms with Crippen molar-refractivity contribution in [1.82, 2.24) is 0 Å². The zero-order valence-corrected chi connectivity index (χ0v) is 11.8. The Morgan fingerprint density at radius 3 is 2.32 bits per heavy atom. The van der Waals surface area contributed by atoms with Gasteiger partial charge in [0.2, 0.25) is 0 Å². The molecule has 2 rings (SSSR count). The lowest BCUT2D eigenvalue weighted by Crippen LogP contribution is -2.36. The van der Waals surface area contributed by atoms with Gasteiger partial charge in [0.1, 0.15) is 11.5 Å². The molecule has 0 saturated heterocycles. The first-order valence-corrected chi connectivity index (χ1v) is 6.61. The Labute approximate surface area is 114 Å². The number of hydrogen-bond donors (Lipinski definition) is 1. The van der Waals surface area contributed by atoms with Crippen LogP contribution in [-0.2, 0) is 10.3 Å². The molecule has 106 valence electrons. The van der Waals surface area contributed by atoms with Crippen LogP contribution in [0.25, 0.3) is 0 Å². The van der Waals surface area contributed by atoms with Crippen molar-refractivity contribution in [3.8, 4) is 11.5 Å². The summed E-state index contributed by atoms with van der Waals surface area (Å²) in [7, 11) is 4.91. The zero-order chi connectivity index (χ0) is 13.9. The third-order valence-corrected chi connectivity index (χ3v) is 3.91. The van der Waals surface area contributed by atoms with E-state index in [0.717, 1.165) is 18.4 Å². The maximum absolute atomic E-state index is 11.0. The van der Waals surface area contributed by atoms with E-state index in [1.807, 2.05) is 18.2 Å². The Morgan fingerprint density at radius 1 is 1.16 bits per heavy atom.